The Kier molecular flexibility index (Phi) is 9.34. The van der Waals surface area contributed by atoms with Gasteiger partial charge in [-0.2, -0.15) is 0 Å². The first kappa shape index (κ1) is 26.8. The Bertz CT molecular complexity index is 1170. The number of aromatic nitrogens is 1. The van der Waals surface area contributed by atoms with Crippen molar-refractivity contribution in [1.82, 2.24) is 9.88 Å². The minimum atomic E-state index is -0.450. The van der Waals surface area contributed by atoms with E-state index in [0.717, 1.165) is 38.3 Å². The number of hydrogen-bond acceptors (Lipinski definition) is 5. The molecule has 0 radical (unpaired) electrons. The van der Waals surface area contributed by atoms with Gasteiger partial charge in [0.2, 0.25) is 0 Å². The maximum atomic E-state index is 12.9. The number of likely N-dealkylation sites (N-methyl/N-ethyl adjacent to an activating group) is 1. The Balaban J connectivity index is 0.00000342. The summed E-state index contributed by atoms with van der Waals surface area (Å²) in [6.07, 6.45) is 2.54. The molecule has 0 spiro atoms. The third-order valence-corrected chi connectivity index (χ3v) is 6.12. The Hall–Kier alpha value is -2.84. The van der Waals surface area contributed by atoms with Crippen LogP contribution >= 0.6 is 35.6 Å². The van der Waals surface area contributed by atoms with Crippen molar-refractivity contribution in [2.75, 3.05) is 48.8 Å². The number of amides is 2. The zero-order chi connectivity index (χ0) is 24.1. The van der Waals surface area contributed by atoms with E-state index in [2.05, 4.69) is 32.5 Å². The molecule has 4 rings (SSSR count). The molecule has 0 saturated carbocycles. The predicted octanol–water partition coefficient (Wildman–Crippen LogP) is 5.46. The lowest BCUT2D eigenvalue weighted by Gasteiger charge is -2.23. The summed E-state index contributed by atoms with van der Waals surface area (Å²) in [4.78, 5) is 34.5. The van der Waals surface area contributed by atoms with Gasteiger partial charge in [-0.05, 0) is 74.6 Å². The number of pyridine rings is 1. The lowest BCUT2D eigenvalue weighted by Crippen LogP contribution is -2.28. The van der Waals surface area contributed by atoms with Gasteiger partial charge in [0.05, 0.1) is 16.3 Å². The van der Waals surface area contributed by atoms with Gasteiger partial charge in [0.15, 0.2) is 0 Å². The van der Waals surface area contributed by atoms with Gasteiger partial charge in [0, 0.05) is 42.1 Å². The number of nitrogens with zero attached hydrogens (tertiary/aromatic N) is 3. The highest BCUT2D eigenvalue weighted by Gasteiger charge is 2.17. The SMILES string of the molecule is CN1CCCN(c2ccc(C(=O)Nc3ccc(Cl)cc3C(=O)Nc3ccc(Cl)cn3)cc2)CC1.Cl. The molecule has 10 heteroatoms. The van der Waals surface area contributed by atoms with Crippen molar-refractivity contribution in [3.05, 3.63) is 82.0 Å². The van der Waals surface area contributed by atoms with Crippen LogP contribution in [0, 0.1) is 0 Å². The quantitative estimate of drug-likeness (QED) is 0.455. The minimum absolute atomic E-state index is 0. The summed E-state index contributed by atoms with van der Waals surface area (Å²) >= 11 is 12.0. The molecule has 2 heterocycles. The molecule has 0 atom stereocenters. The second-order valence-corrected chi connectivity index (χ2v) is 9.02. The van der Waals surface area contributed by atoms with Crippen molar-refractivity contribution in [2.45, 2.75) is 6.42 Å². The van der Waals surface area contributed by atoms with E-state index in [1.54, 1.807) is 36.4 Å². The largest absolute Gasteiger partial charge is 0.370 e. The molecule has 0 unspecified atom stereocenters. The Morgan fingerprint density at radius 2 is 1.60 bits per heavy atom. The van der Waals surface area contributed by atoms with Gasteiger partial charge in [-0.3, -0.25) is 9.59 Å². The summed E-state index contributed by atoms with van der Waals surface area (Å²) in [5.41, 5.74) is 2.16. The van der Waals surface area contributed by atoms with Gasteiger partial charge >= 0.3 is 0 Å². The van der Waals surface area contributed by atoms with Crippen molar-refractivity contribution in [2.24, 2.45) is 0 Å². The van der Waals surface area contributed by atoms with E-state index < -0.39 is 5.91 Å². The normalized spacial score (nSPS) is 14.0. The van der Waals surface area contributed by atoms with Gasteiger partial charge in [0.1, 0.15) is 5.82 Å². The van der Waals surface area contributed by atoms with E-state index in [-0.39, 0.29) is 23.9 Å². The van der Waals surface area contributed by atoms with E-state index in [1.165, 1.54) is 12.3 Å². The average Bonchev–Trinajstić information content (AvgIpc) is 3.06. The monoisotopic (exact) mass is 533 g/mol. The molecular weight excluding hydrogens is 509 g/mol. The minimum Gasteiger partial charge on any atom is -0.370 e. The van der Waals surface area contributed by atoms with Gasteiger partial charge in [-0.15, -0.1) is 12.4 Å². The first-order valence-electron chi connectivity index (χ1n) is 11.0. The first-order valence-corrected chi connectivity index (χ1v) is 11.7. The maximum absolute atomic E-state index is 12.9. The Morgan fingerprint density at radius 1 is 0.857 bits per heavy atom. The number of benzene rings is 2. The number of anilines is 3. The topological polar surface area (TPSA) is 77.6 Å². The third-order valence-electron chi connectivity index (χ3n) is 5.66. The van der Waals surface area contributed by atoms with Crippen LogP contribution in [0.3, 0.4) is 0 Å². The molecule has 35 heavy (non-hydrogen) atoms. The number of nitrogens with one attached hydrogen (secondary N) is 2. The van der Waals surface area contributed by atoms with Crippen molar-refractivity contribution in [3.8, 4) is 0 Å². The van der Waals surface area contributed by atoms with E-state index in [4.69, 9.17) is 23.2 Å². The molecular formula is C25H26Cl3N5O2. The van der Waals surface area contributed by atoms with E-state index in [1.807, 2.05) is 12.1 Å². The zero-order valence-electron chi connectivity index (χ0n) is 19.1. The van der Waals surface area contributed by atoms with E-state index in [9.17, 15) is 9.59 Å². The smallest absolute Gasteiger partial charge is 0.258 e. The summed E-state index contributed by atoms with van der Waals surface area (Å²) in [7, 11) is 2.13. The molecule has 0 aliphatic carbocycles. The number of hydrogen-bond donors (Lipinski definition) is 2. The molecule has 2 amide bonds. The van der Waals surface area contributed by atoms with Crippen molar-refractivity contribution >= 4 is 64.6 Å². The third kappa shape index (κ3) is 7.08. The highest BCUT2D eigenvalue weighted by molar-refractivity contribution is 6.31. The maximum Gasteiger partial charge on any atom is 0.258 e. The first-order chi connectivity index (χ1) is 16.4. The van der Waals surface area contributed by atoms with Crippen molar-refractivity contribution in [3.63, 3.8) is 0 Å². The van der Waals surface area contributed by atoms with Crippen LogP contribution in [0.1, 0.15) is 27.1 Å². The lowest BCUT2D eigenvalue weighted by atomic mass is 10.1. The average molecular weight is 535 g/mol. The Labute approximate surface area is 220 Å². The highest BCUT2D eigenvalue weighted by atomic mass is 35.5. The molecule has 0 bridgehead atoms. The van der Waals surface area contributed by atoms with Crippen molar-refractivity contribution < 1.29 is 9.59 Å². The number of carbonyl (C=O) groups is 2. The summed E-state index contributed by atoms with van der Waals surface area (Å²) < 4.78 is 0. The van der Waals surface area contributed by atoms with Crippen LogP contribution in [-0.4, -0.2) is 54.9 Å². The molecule has 3 aromatic rings. The molecule has 1 saturated heterocycles. The molecule has 1 aliphatic heterocycles. The molecule has 1 fully saturated rings. The van der Waals surface area contributed by atoms with E-state index in [0.29, 0.717) is 27.1 Å². The molecule has 184 valence electrons. The molecule has 1 aromatic heterocycles. The second kappa shape index (κ2) is 12.2. The fraction of sp³-hybridized carbons (Fsp3) is 0.240. The van der Waals surface area contributed by atoms with Crippen LogP contribution in [0.15, 0.2) is 60.8 Å². The fourth-order valence-corrected chi connectivity index (χ4v) is 4.05. The number of rotatable bonds is 5. The van der Waals surface area contributed by atoms with Crippen LogP contribution < -0.4 is 15.5 Å². The summed E-state index contributed by atoms with van der Waals surface area (Å²) in [6, 6.07) is 15.5. The van der Waals surface area contributed by atoms with E-state index >= 15 is 0 Å². The summed E-state index contributed by atoms with van der Waals surface area (Å²) in [6.45, 7) is 4.03. The predicted molar refractivity (Wildman–Crippen MR) is 145 cm³/mol. The summed E-state index contributed by atoms with van der Waals surface area (Å²) in [5, 5.41) is 6.35. The molecule has 2 N–H and O–H groups in total. The second-order valence-electron chi connectivity index (χ2n) is 8.15. The van der Waals surface area contributed by atoms with Crippen LogP contribution in [0.5, 0.6) is 0 Å². The lowest BCUT2D eigenvalue weighted by molar-refractivity contribution is 0.102. The summed E-state index contributed by atoms with van der Waals surface area (Å²) in [5.74, 6) is -0.431. The van der Waals surface area contributed by atoms with Crippen molar-refractivity contribution in [1.29, 1.82) is 0 Å². The van der Waals surface area contributed by atoms with Crippen LogP contribution in [-0.2, 0) is 0 Å². The molecule has 7 nitrogen and oxygen atoms in total. The molecule has 2 aromatic carbocycles. The standard InChI is InChI=1S/C25H25Cl2N5O2.ClH/c1-31-11-2-12-32(14-13-31)20-7-3-17(4-8-20)24(33)29-22-9-5-18(26)15-21(22)25(34)30-23-10-6-19(27)16-28-23;/h3-10,15-16H,2,11-14H2,1H3,(H,29,33)(H,28,30,34);1H. The van der Waals surface area contributed by atoms with Crippen LogP contribution in [0.4, 0.5) is 17.2 Å². The Morgan fingerprint density at radius 3 is 2.31 bits per heavy atom. The number of halogens is 3. The van der Waals surface area contributed by atoms with Gasteiger partial charge in [-0.1, -0.05) is 23.2 Å². The van der Waals surface area contributed by atoms with Gasteiger partial charge < -0.3 is 20.4 Å². The fourth-order valence-electron chi connectivity index (χ4n) is 3.77. The highest BCUT2D eigenvalue weighted by Crippen LogP contribution is 2.24. The molecule has 1 aliphatic rings. The van der Waals surface area contributed by atoms with Gasteiger partial charge in [-0.25, -0.2) is 4.98 Å². The van der Waals surface area contributed by atoms with Crippen LogP contribution in [0.2, 0.25) is 10.0 Å². The number of carbonyl (C=O) groups excluding carboxylic acids is 2. The zero-order valence-corrected chi connectivity index (χ0v) is 21.5. The van der Waals surface area contributed by atoms with Crippen LogP contribution in [0.25, 0.3) is 0 Å². The van der Waals surface area contributed by atoms with Gasteiger partial charge in [0.25, 0.3) is 11.8 Å².